The fourth-order valence-corrected chi connectivity index (χ4v) is 5.49. The van der Waals surface area contributed by atoms with Crippen molar-refractivity contribution in [2.45, 2.75) is 31.2 Å². The largest absolute Gasteiger partial charge is 0.341 e. The number of hydrogen-bond donors (Lipinski definition) is 1. The number of nitrogens with one attached hydrogen (secondary N) is 1. The standard InChI is InChI=1S/C22H25ClN2O3S/c1-29(27,28)24-16-9-6-12-25(14-16)22(26)19-13-18(19)21-17(10-5-11-20(21)23)15-7-3-2-4-8-15/h2-5,7-8,10-11,16,18-19,24H,6,9,12-14H2,1H3. The zero-order valence-electron chi connectivity index (χ0n) is 16.3. The molecule has 3 atom stereocenters. The molecule has 1 N–H and O–H groups in total. The van der Waals surface area contributed by atoms with Crippen molar-refractivity contribution < 1.29 is 13.2 Å². The van der Waals surface area contributed by atoms with Crippen LogP contribution in [0.3, 0.4) is 0 Å². The van der Waals surface area contributed by atoms with E-state index < -0.39 is 10.0 Å². The average molecular weight is 433 g/mol. The van der Waals surface area contributed by atoms with E-state index in [0.29, 0.717) is 18.1 Å². The van der Waals surface area contributed by atoms with Crippen molar-refractivity contribution >= 4 is 27.5 Å². The zero-order valence-corrected chi connectivity index (χ0v) is 17.9. The van der Waals surface area contributed by atoms with Gasteiger partial charge in [0.05, 0.1) is 6.26 Å². The summed E-state index contributed by atoms with van der Waals surface area (Å²) in [5, 5.41) is 0.696. The number of piperidine rings is 1. The molecule has 7 heteroatoms. The van der Waals surface area contributed by atoms with Crippen molar-refractivity contribution in [2.24, 2.45) is 5.92 Å². The van der Waals surface area contributed by atoms with Gasteiger partial charge in [-0.15, -0.1) is 0 Å². The van der Waals surface area contributed by atoms with E-state index in [4.69, 9.17) is 11.6 Å². The molecule has 0 bridgehead atoms. The van der Waals surface area contributed by atoms with Crippen LogP contribution in [-0.4, -0.2) is 44.6 Å². The third-order valence-corrected chi connectivity index (χ3v) is 6.82. The van der Waals surface area contributed by atoms with E-state index in [9.17, 15) is 13.2 Å². The second kappa shape index (κ2) is 8.09. The van der Waals surface area contributed by atoms with Gasteiger partial charge in [-0.05, 0) is 47.9 Å². The number of amides is 1. The fraction of sp³-hybridized carbons (Fsp3) is 0.409. The van der Waals surface area contributed by atoms with Crippen molar-refractivity contribution in [3.63, 3.8) is 0 Å². The predicted octanol–water partition coefficient (Wildman–Crippen LogP) is 3.65. The Morgan fingerprint density at radius 1 is 1.14 bits per heavy atom. The molecule has 2 aliphatic rings. The van der Waals surface area contributed by atoms with E-state index in [-0.39, 0.29) is 23.8 Å². The van der Waals surface area contributed by atoms with E-state index in [1.54, 1.807) is 0 Å². The van der Waals surface area contributed by atoms with E-state index in [1.165, 1.54) is 0 Å². The molecular formula is C22H25ClN2O3S. The van der Waals surface area contributed by atoms with Gasteiger partial charge in [0.1, 0.15) is 0 Å². The number of hydrogen-bond acceptors (Lipinski definition) is 3. The van der Waals surface area contributed by atoms with Crippen molar-refractivity contribution in [3.05, 3.63) is 59.1 Å². The van der Waals surface area contributed by atoms with Gasteiger partial charge in [-0.2, -0.15) is 0 Å². The summed E-state index contributed by atoms with van der Waals surface area (Å²) in [4.78, 5) is 14.9. The Morgan fingerprint density at radius 3 is 2.62 bits per heavy atom. The van der Waals surface area contributed by atoms with Crippen LogP contribution in [0.5, 0.6) is 0 Å². The Kier molecular flexibility index (Phi) is 5.69. The molecule has 4 rings (SSSR count). The maximum absolute atomic E-state index is 13.1. The third kappa shape index (κ3) is 4.65. The SMILES string of the molecule is CS(=O)(=O)NC1CCCN(C(=O)C2CC2c2c(Cl)cccc2-c2ccccc2)C1. The predicted molar refractivity (Wildman–Crippen MR) is 115 cm³/mol. The first-order valence-corrected chi connectivity index (χ1v) is 12.2. The van der Waals surface area contributed by atoms with Gasteiger partial charge in [-0.25, -0.2) is 13.1 Å². The van der Waals surface area contributed by atoms with Crippen LogP contribution in [0.1, 0.15) is 30.7 Å². The van der Waals surface area contributed by atoms with E-state index >= 15 is 0 Å². The summed E-state index contributed by atoms with van der Waals surface area (Å²) >= 11 is 6.56. The van der Waals surface area contributed by atoms with E-state index in [0.717, 1.165) is 42.2 Å². The molecule has 1 aliphatic carbocycles. The molecule has 154 valence electrons. The Balaban J connectivity index is 1.51. The first-order valence-electron chi connectivity index (χ1n) is 9.93. The summed E-state index contributed by atoms with van der Waals surface area (Å²) in [6.45, 7) is 1.11. The Morgan fingerprint density at radius 2 is 1.90 bits per heavy atom. The third-order valence-electron chi connectivity index (χ3n) is 5.73. The lowest BCUT2D eigenvalue weighted by atomic mass is 9.95. The second-order valence-electron chi connectivity index (χ2n) is 8.03. The highest BCUT2D eigenvalue weighted by molar-refractivity contribution is 7.88. The zero-order chi connectivity index (χ0) is 20.6. The Labute approximate surface area is 177 Å². The Hall–Kier alpha value is -1.89. The summed E-state index contributed by atoms with van der Waals surface area (Å²) < 4.78 is 25.7. The monoisotopic (exact) mass is 432 g/mol. The summed E-state index contributed by atoms with van der Waals surface area (Å²) in [5.74, 6) is 0.123. The van der Waals surface area contributed by atoms with Crippen molar-refractivity contribution in [2.75, 3.05) is 19.3 Å². The number of rotatable bonds is 5. The first-order chi connectivity index (χ1) is 13.8. The molecule has 1 heterocycles. The summed E-state index contributed by atoms with van der Waals surface area (Å²) in [6.07, 6.45) is 3.50. The minimum Gasteiger partial charge on any atom is -0.341 e. The summed E-state index contributed by atoms with van der Waals surface area (Å²) in [7, 11) is -3.28. The van der Waals surface area contributed by atoms with Crippen LogP contribution in [0, 0.1) is 5.92 Å². The number of halogens is 1. The van der Waals surface area contributed by atoms with E-state index in [1.807, 2.05) is 35.2 Å². The molecular weight excluding hydrogens is 408 g/mol. The molecule has 1 saturated carbocycles. The number of carbonyl (C=O) groups is 1. The molecule has 2 aromatic carbocycles. The summed E-state index contributed by atoms with van der Waals surface area (Å²) in [5.41, 5.74) is 3.22. The van der Waals surface area contributed by atoms with Crippen molar-refractivity contribution in [1.29, 1.82) is 0 Å². The molecule has 29 heavy (non-hydrogen) atoms. The van der Waals surface area contributed by atoms with Gasteiger partial charge in [-0.3, -0.25) is 4.79 Å². The first kappa shape index (κ1) is 20.4. The lowest BCUT2D eigenvalue weighted by Gasteiger charge is -2.33. The van der Waals surface area contributed by atoms with Crippen LogP contribution < -0.4 is 4.72 Å². The fourth-order valence-electron chi connectivity index (χ4n) is 4.38. The number of benzene rings is 2. The molecule has 1 aliphatic heterocycles. The molecule has 5 nitrogen and oxygen atoms in total. The highest BCUT2D eigenvalue weighted by Crippen LogP contribution is 2.53. The van der Waals surface area contributed by atoms with Gasteiger partial charge < -0.3 is 4.90 Å². The topological polar surface area (TPSA) is 66.5 Å². The minimum absolute atomic E-state index is 0.0886. The quantitative estimate of drug-likeness (QED) is 0.784. The molecule has 1 saturated heterocycles. The van der Waals surface area contributed by atoms with Gasteiger partial charge in [0.15, 0.2) is 0 Å². The maximum atomic E-state index is 13.1. The van der Waals surface area contributed by atoms with Crippen molar-refractivity contribution in [3.8, 4) is 11.1 Å². The van der Waals surface area contributed by atoms with Crippen LogP contribution in [0.25, 0.3) is 11.1 Å². The van der Waals surface area contributed by atoms with Crippen LogP contribution in [0.4, 0.5) is 0 Å². The molecule has 0 aromatic heterocycles. The normalized spacial score (nSPS) is 24.3. The smallest absolute Gasteiger partial charge is 0.226 e. The van der Waals surface area contributed by atoms with Crippen LogP contribution in [-0.2, 0) is 14.8 Å². The van der Waals surface area contributed by atoms with Crippen LogP contribution in [0.2, 0.25) is 5.02 Å². The molecule has 0 radical (unpaired) electrons. The van der Waals surface area contributed by atoms with Crippen LogP contribution >= 0.6 is 11.6 Å². The number of nitrogens with zero attached hydrogens (tertiary/aromatic N) is 1. The van der Waals surface area contributed by atoms with Gasteiger partial charge in [0.25, 0.3) is 0 Å². The van der Waals surface area contributed by atoms with Crippen molar-refractivity contribution in [1.82, 2.24) is 9.62 Å². The second-order valence-corrected chi connectivity index (χ2v) is 10.2. The summed E-state index contributed by atoms with van der Waals surface area (Å²) in [6, 6.07) is 15.8. The lowest BCUT2D eigenvalue weighted by Crippen LogP contribution is -2.49. The Bertz CT molecular complexity index is 1010. The molecule has 1 amide bonds. The number of sulfonamides is 1. The highest BCUT2D eigenvalue weighted by Gasteiger charge is 2.48. The average Bonchev–Trinajstić information content (AvgIpc) is 3.47. The van der Waals surface area contributed by atoms with Gasteiger partial charge in [-0.1, -0.05) is 54.1 Å². The minimum atomic E-state index is -3.28. The maximum Gasteiger partial charge on any atom is 0.226 e. The van der Waals surface area contributed by atoms with Gasteiger partial charge in [0, 0.05) is 30.1 Å². The molecule has 2 fully saturated rings. The van der Waals surface area contributed by atoms with E-state index in [2.05, 4.69) is 22.9 Å². The highest BCUT2D eigenvalue weighted by atomic mass is 35.5. The van der Waals surface area contributed by atoms with Gasteiger partial charge >= 0.3 is 0 Å². The molecule has 0 spiro atoms. The number of carbonyl (C=O) groups excluding carboxylic acids is 1. The molecule has 3 unspecified atom stereocenters. The van der Waals surface area contributed by atoms with Crippen LogP contribution in [0.15, 0.2) is 48.5 Å². The number of likely N-dealkylation sites (tertiary alicyclic amines) is 1. The molecule has 2 aromatic rings. The van der Waals surface area contributed by atoms with Gasteiger partial charge in [0.2, 0.25) is 15.9 Å². The lowest BCUT2D eigenvalue weighted by molar-refractivity contribution is -0.133.